The van der Waals surface area contributed by atoms with E-state index in [1.807, 2.05) is 49.1 Å². The van der Waals surface area contributed by atoms with Crippen LogP contribution in [0.1, 0.15) is 65.4 Å². The molecule has 3 aliphatic rings. The smallest absolute Gasteiger partial charge is 0.247 e. The monoisotopic (exact) mass is 595 g/mol. The first kappa shape index (κ1) is 32.3. The first-order chi connectivity index (χ1) is 20.1. The van der Waals surface area contributed by atoms with Crippen LogP contribution in [0.15, 0.2) is 55.6 Å². The Bertz CT molecular complexity index is 1160. The maximum Gasteiger partial charge on any atom is 0.247 e. The quantitative estimate of drug-likeness (QED) is 0.230. The molecule has 3 heterocycles. The van der Waals surface area contributed by atoms with E-state index in [1.54, 1.807) is 33.7 Å². The maximum atomic E-state index is 14.6. The Morgan fingerprint density at radius 3 is 2.36 bits per heavy atom. The van der Waals surface area contributed by atoms with Crippen LogP contribution < -0.4 is 0 Å². The van der Waals surface area contributed by atoms with Crippen molar-refractivity contribution in [1.29, 1.82) is 0 Å². The Balaban J connectivity index is 1.77. The highest BCUT2D eigenvalue weighted by Crippen LogP contribution is 2.72. The van der Waals surface area contributed by atoms with Crippen molar-refractivity contribution in [2.75, 3.05) is 26.2 Å². The van der Waals surface area contributed by atoms with Crippen LogP contribution in [-0.4, -0.2) is 85.3 Å². The number of aliphatic hydroxyl groups is 1. The van der Waals surface area contributed by atoms with Gasteiger partial charge in [-0.15, -0.1) is 24.9 Å². The number of unbranched alkanes of at least 4 members (excludes halogenated alkanes) is 2. The largest absolute Gasteiger partial charge is 0.394 e. The summed E-state index contributed by atoms with van der Waals surface area (Å²) in [5, 5.41) is 10.5. The molecule has 0 aromatic heterocycles. The van der Waals surface area contributed by atoms with Crippen molar-refractivity contribution in [3.63, 3.8) is 0 Å². The van der Waals surface area contributed by atoms with E-state index < -0.39 is 33.4 Å². The number of benzene rings is 1. The third kappa shape index (κ3) is 5.69. The number of nitrogens with zero attached hydrogens (tertiary/aromatic N) is 3. The van der Waals surface area contributed by atoms with Gasteiger partial charge in [0, 0.05) is 30.9 Å². The molecule has 2 bridgehead atoms. The average Bonchev–Trinajstić information content (AvgIpc) is 3.53. The van der Waals surface area contributed by atoms with Gasteiger partial charge in [0.05, 0.1) is 29.2 Å². The highest BCUT2D eigenvalue weighted by molar-refractivity contribution is 8.02. The van der Waals surface area contributed by atoms with Gasteiger partial charge in [-0.1, -0.05) is 76.1 Å². The van der Waals surface area contributed by atoms with Crippen molar-refractivity contribution in [3.8, 4) is 0 Å². The molecule has 3 fully saturated rings. The molecule has 0 aliphatic carbocycles. The average molecular weight is 596 g/mol. The van der Waals surface area contributed by atoms with Gasteiger partial charge in [0.1, 0.15) is 6.04 Å². The second kappa shape index (κ2) is 13.4. The topological polar surface area (TPSA) is 81.2 Å². The summed E-state index contributed by atoms with van der Waals surface area (Å²) in [6, 6.07) is 8.63. The summed E-state index contributed by atoms with van der Waals surface area (Å²) >= 11 is 1.69. The minimum absolute atomic E-state index is 0.0558. The molecule has 1 aromatic rings. The SMILES string of the molecule is C=CCN(CCCCC)C(=O)C1N([C@@H](CO)C(C)C)C(=O)[C@@H]2[C@H](C(=O)N(CC=C)Cc3ccccc3)[C@]3(C)CCC12S3. The second-order valence-electron chi connectivity index (χ2n) is 12.7. The normalized spacial score (nSPS) is 28.6. The molecule has 1 N–H and O–H groups in total. The Labute approximate surface area is 256 Å². The zero-order chi connectivity index (χ0) is 30.7. The second-order valence-corrected chi connectivity index (χ2v) is 14.6. The summed E-state index contributed by atoms with van der Waals surface area (Å²) in [5.74, 6) is -1.55. The van der Waals surface area contributed by atoms with Crippen molar-refractivity contribution in [2.45, 2.75) is 87.9 Å². The molecule has 0 radical (unpaired) electrons. The van der Waals surface area contributed by atoms with Crippen molar-refractivity contribution >= 4 is 29.5 Å². The number of carbonyl (C=O) groups is 3. The third-order valence-corrected chi connectivity index (χ3v) is 11.6. The Kier molecular flexibility index (Phi) is 10.3. The predicted octanol–water partition coefficient (Wildman–Crippen LogP) is 4.90. The van der Waals surface area contributed by atoms with Crippen molar-refractivity contribution in [1.82, 2.24) is 14.7 Å². The van der Waals surface area contributed by atoms with Crippen molar-refractivity contribution in [2.24, 2.45) is 17.8 Å². The lowest BCUT2D eigenvalue weighted by molar-refractivity contribution is -0.148. The van der Waals surface area contributed by atoms with Crippen LogP contribution in [0.3, 0.4) is 0 Å². The van der Waals surface area contributed by atoms with Crippen LogP contribution >= 0.6 is 11.8 Å². The van der Waals surface area contributed by atoms with Gasteiger partial charge < -0.3 is 19.8 Å². The summed E-state index contributed by atoms with van der Waals surface area (Å²) in [7, 11) is 0. The minimum atomic E-state index is -0.734. The van der Waals surface area contributed by atoms with Gasteiger partial charge >= 0.3 is 0 Å². The van der Waals surface area contributed by atoms with E-state index >= 15 is 0 Å². The van der Waals surface area contributed by atoms with E-state index in [0.29, 0.717) is 32.6 Å². The van der Waals surface area contributed by atoms with Crippen molar-refractivity contribution < 1.29 is 19.5 Å². The molecule has 3 amide bonds. The zero-order valence-corrected chi connectivity index (χ0v) is 26.7. The van der Waals surface area contributed by atoms with Crippen LogP contribution in [-0.2, 0) is 20.9 Å². The molecule has 4 rings (SSSR count). The fraction of sp³-hybridized carbons (Fsp3) is 0.618. The Hall–Kier alpha value is -2.58. The van der Waals surface area contributed by atoms with E-state index in [9.17, 15) is 19.5 Å². The maximum absolute atomic E-state index is 14.6. The lowest BCUT2D eigenvalue weighted by atomic mass is 9.66. The number of thioether (sulfide) groups is 1. The van der Waals surface area contributed by atoms with E-state index in [-0.39, 0.29) is 30.2 Å². The molecule has 6 atom stereocenters. The standard InChI is InChI=1S/C34H49N3O4S/c1-7-10-14-21-35(19-8-2)32(41)29-34-18-17-33(6,42-34)27(28(34)31(40)37(29)26(23-38)24(4)5)30(39)36(20-9-3)22-25-15-12-11-13-16-25/h8-9,11-13,15-16,24,26-29,38H,2-3,7,10,14,17-23H2,1,4-6H3/t26-,27+,28-,29?,33-,34?/m0/s1. The molecule has 3 saturated heterocycles. The van der Waals surface area contributed by atoms with E-state index in [2.05, 4.69) is 27.0 Å². The summed E-state index contributed by atoms with van der Waals surface area (Å²) in [6.45, 7) is 17.6. The number of hydrogen-bond acceptors (Lipinski definition) is 5. The molecule has 8 heteroatoms. The first-order valence-corrected chi connectivity index (χ1v) is 16.4. The molecule has 7 nitrogen and oxygen atoms in total. The summed E-state index contributed by atoms with van der Waals surface area (Å²) in [6.07, 6.45) is 7.85. The van der Waals surface area contributed by atoms with Crippen LogP contribution in [0, 0.1) is 17.8 Å². The fourth-order valence-electron chi connectivity index (χ4n) is 7.56. The molecular formula is C34H49N3O4S. The van der Waals surface area contributed by atoms with E-state index in [4.69, 9.17) is 0 Å². The highest BCUT2D eigenvalue weighted by Gasteiger charge is 2.78. The summed E-state index contributed by atoms with van der Waals surface area (Å²) < 4.78 is -1.18. The predicted molar refractivity (Wildman–Crippen MR) is 170 cm³/mol. The lowest BCUT2D eigenvalue weighted by Crippen LogP contribution is -2.58. The van der Waals surface area contributed by atoms with E-state index in [1.165, 1.54) is 0 Å². The van der Waals surface area contributed by atoms with Gasteiger partial charge in [0.25, 0.3) is 0 Å². The number of fused-ring (bicyclic) bond motifs is 1. The summed E-state index contributed by atoms with van der Waals surface area (Å²) in [5.41, 5.74) is 1.02. The van der Waals surface area contributed by atoms with Crippen LogP contribution in [0.5, 0.6) is 0 Å². The molecule has 42 heavy (non-hydrogen) atoms. The number of rotatable bonds is 15. The lowest BCUT2D eigenvalue weighted by Gasteiger charge is -2.40. The number of amides is 3. The molecule has 1 aromatic carbocycles. The van der Waals surface area contributed by atoms with Gasteiger partial charge in [0.2, 0.25) is 17.7 Å². The van der Waals surface area contributed by atoms with Crippen LogP contribution in [0.2, 0.25) is 0 Å². The van der Waals surface area contributed by atoms with Gasteiger partial charge in [-0.05, 0) is 37.7 Å². The van der Waals surface area contributed by atoms with E-state index in [0.717, 1.165) is 31.2 Å². The minimum Gasteiger partial charge on any atom is -0.394 e. The molecular weight excluding hydrogens is 546 g/mol. The number of carbonyl (C=O) groups excluding carboxylic acids is 3. The highest BCUT2D eigenvalue weighted by atomic mass is 32.2. The van der Waals surface area contributed by atoms with Gasteiger partial charge in [-0.2, -0.15) is 0 Å². The number of likely N-dealkylation sites (tertiary alicyclic amines) is 1. The molecule has 3 aliphatic heterocycles. The van der Waals surface area contributed by atoms with Crippen LogP contribution in [0.4, 0.5) is 0 Å². The van der Waals surface area contributed by atoms with Gasteiger partial charge in [-0.25, -0.2) is 0 Å². The van der Waals surface area contributed by atoms with Gasteiger partial charge in [0.15, 0.2) is 0 Å². The van der Waals surface area contributed by atoms with Gasteiger partial charge in [-0.3, -0.25) is 14.4 Å². The summed E-state index contributed by atoms with van der Waals surface area (Å²) in [4.78, 5) is 49.1. The molecule has 230 valence electrons. The molecule has 0 saturated carbocycles. The first-order valence-electron chi connectivity index (χ1n) is 15.6. The molecule has 1 spiro atoms. The third-order valence-electron chi connectivity index (χ3n) is 9.60. The zero-order valence-electron chi connectivity index (χ0n) is 25.8. The molecule has 2 unspecified atom stereocenters. The Morgan fingerprint density at radius 2 is 1.76 bits per heavy atom. The fourth-order valence-corrected chi connectivity index (χ4v) is 9.89. The van der Waals surface area contributed by atoms with Crippen molar-refractivity contribution in [3.05, 3.63) is 61.2 Å². The number of hydrogen-bond donors (Lipinski definition) is 1. The Morgan fingerprint density at radius 1 is 1.10 bits per heavy atom. The number of aliphatic hydroxyl groups excluding tert-OH is 1. The van der Waals surface area contributed by atoms with Crippen LogP contribution in [0.25, 0.3) is 0 Å².